The molecule has 0 aliphatic carbocycles. The molecule has 128 valence electrons. The Balaban J connectivity index is 2.57. The first-order chi connectivity index (χ1) is 11.3. The van der Waals surface area contributed by atoms with Gasteiger partial charge in [-0.25, -0.2) is 4.39 Å². The maximum absolute atomic E-state index is 13.2. The van der Waals surface area contributed by atoms with Crippen molar-refractivity contribution in [3.8, 4) is 0 Å². The molecule has 0 fully saturated rings. The van der Waals surface area contributed by atoms with Gasteiger partial charge in [-0.05, 0) is 65.6 Å². The van der Waals surface area contributed by atoms with Crippen LogP contribution in [0, 0.1) is 5.82 Å². The van der Waals surface area contributed by atoms with Gasteiger partial charge in [-0.2, -0.15) is 0 Å². The van der Waals surface area contributed by atoms with Crippen LogP contribution in [-0.2, 0) is 5.41 Å². The maximum Gasteiger partial charge on any atom is 0.193 e. The van der Waals surface area contributed by atoms with Gasteiger partial charge in [0.1, 0.15) is 5.82 Å². The van der Waals surface area contributed by atoms with Gasteiger partial charge in [-0.15, -0.1) is 0 Å². The lowest BCUT2D eigenvalue weighted by atomic mass is 9.79. The predicted octanol–water partition coefficient (Wildman–Crippen LogP) is 6.26. The molecule has 0 aliphatic heterocycles. The van der Waals surface area contributed by atoms with Crippen molar-refractivity contribution >= 4 is 5.78 Å². The molecule has 0 bridgehead atoms. The van der Waals surface area contributed by atoms with Crippen molar-refractivity contribution in [1.29, 1.82) is 0 Å². The Morgan fingerprint density at radius 1 is 1.08 bits per heavy atom. The third-order valence-electron chi connectivity index (χ3n) is 5.21. The van der Waals surface area contributed by atoms with Gasteiger partial charge >= 0.3 is 0 Å². The third kappa shape index (κ3) is 3.75. The van der Waals surface area contributed by atoms with Crippen LogP contribution in [0.5, 0.6) is 0 Å². The van der Waals surface area contributed by atoms with E-state index < -0.39 is 0 Å². The number of carbonyl (C=O) groups is 1. The van der Waals surface area contributed by atoms with E-state index in [1.807, 2.05) is 6.07 Å². The van der Waals surface area contributed by atoms with E-state index in [-0.39, 0.29) is 17.0 Å². The Labute approximate surface area is 144 Å². The molecule has 1 atom stereocenters. The van der Waals surface area contributed by atoms with Crippen LogP contribution in [0.1, 0.15) is 80.4 Å². The molecule has 0 radical (unpaired) electrons. The van der Waals surface area contributed by atoms with Gasteiger partial charge in [0.05, 0.1) is 0 Å². The predicted molar refractivity (Wildman–Crippen MR) is 98.3 cm³/mol. The highest BCUT2D eigenvalue weighted by Gasteiger charge is 2.23. The zero-order chi connectivity index (χ0) is 17.9. The summed E-state index contributed by atoms with van der Waals surface area (Å²) in [5.41, 5.74) is 3.54. The second-order valence-electron chi connectivity index (χ2n) is 7.18. The number of hydrogen-bond donors (Lipinski definition) is 0. The third-order valence-corrected chi connectivity index (χ3v) is 5.21. The average molecular weight is 326 g/mol. The second kappa shape index (κ2) is 7.29. The number of hydrogen-bond acceptors (Lipinski definition) is 1. The lowest BCUT2D eigenvalue weighted by Crippen LogP contribution is -2.17. The summed E-state index contributed by atoms with van der Waals surface area (Å²) in [4.78, 5) is 13.0. The van der Waals surface area contributed by atoms with Crippen LogP contribution in [0.25, 0.3) is 0 Å². The largest absolute Gasteiger partial charge is 0.289 e. The molecule has 0 aliphatic rings. The Morgan fingerprint density at radius 3 is 2.25 bits per heavy atom. The number of halogens is 1. The lowest BCUT2D eigenvalue weighted by Gasteiger charge is -2.25. The summed E-state index contributed by atoms with van der Waals surface area (Å²) < 4.78 is 13.2. The van der Waals surface area contributed by atoms with Gasteiger partial charge < -0.3 is 0 Å². The molecule has 0 amide bonds. The van der Waals surface area contributed by atoms with Gasteiger partial charge in [-0.3, -0.25) is 4.79 Å². The molecule has 24 heavy (non-hydrogen) atoms. The molecule has 1 nitrogen and oxygen atoms in total. The minimum atomic E-state index is -0.324. The minimum absolute atomic E-state index is 0.0197. The summed E-state index contributed by atoms with van der Waals surface area (Å²) in [6.07, 6.45) is 1.97. The Bertz CT molecular complexity index is 713. The van der Waals surface area contributed by atoms with Gasteiger partial charge in [0.15, 0.2) is 5.78 Å². The van der Waals surface area contributed by atoms with Crippen molar-refractivity contribution in [3.63, 3.8) is 0 Å². The van der Waals surface area contributed by atoms with Crippen LogP contribution < -0.4 is 0 Å². The van der Waals surface area contributed by atoms with Gasteiger partial charge in [0.25, 0.3) is 0 Å². The molecule has 0 aromatic heterocycles. The van der Waals surface area contributed by atoms with Gasteiger partial charge in [0, 0.05) is 11.1 Å². The summed E-state index contributed by atoms with van der Waals surface area (Å²) >= 11 is 0. The highest BCUT2D eigenvalue weighted by atomic mass is 19.1. The quantitative estimate of drug-likeness (QED) is 0.573. The van der Waals surface area contributed by atoms with Crippen molar-refractivity contribution in [3.05, 3.63) is 70.5 Å². The van der Waals surface area contributed by atoms with Crippen LogP contribution >= 0.6 is 0 Å². The highest BCUT2D eigenvalue weighted by Crippen LogP contribution is 2.32. The molecule has 0 saturated carbocycles. The van der Waals surface area contributed by atoms with E-state index in [0.29, 0.717) is 11.5 Å². The normalized spacial score (nSPS) is 12.9. The van der Waals surface area contributed by atoms with E-state index in [1.54, 1.807) is 12.1 Å². The zero-order valence-corrected chi connectivity index (χ0v) is 15.3. The standard InChI is InChI=1S/C22H27FO/c1-6-15(3)19-13-10-17(22(4,5)7-2)14-20(19)21(24)16-8-11-18(23)12-9-16/h8-15H,6-7H2,1-5H3. The molecule has 0 saturated heterocycles. The van der Waals surface area contributed by atoms with E-state index in [1.165, 1.54) is 17.7 Å². The number of rotatable bonds is 6. The fraction of sp³-hybridized carbons (Fsp3) is 0.409. The Morgan fingerprint density at radius 2 is 1.71 bits per heavy atom. The number of ketones is 1. The lowest BCUT2D eigenvalue weighted by molar-refractivity contribution is 0.103. The maximum atomic E-state index is 13.2. The summed E-state index contributed by atoms with van der Waals surface area (Å²) in [5.74, 6) is -0.0446. The van der Waals surface area contributed by atoms with E-state index in [0.717, 1.165) is 24.0 Å². The summed E-state index contributed by atoms with van der Waals surface area (Å²) in [7, 11) is 0. The van der Waals surface area contributed by atoms with Gasteiger partial charge in [0.2, 0.25) is 0 Å². The molecule has 0 N–H and O–H groups in total. The summed E-state index contributed by atoms with van der Waals surface area (Å²) in [6.45, 7) is 10.8. The van der Waals surface area contributed by atoms with E-state index in [9.17, 15) is 9.18 Å². The molecular formula is C22H27FO. The SMILES string of the molecule is CCC(C)c1ccc(C(C)(C)CC)cc1C(=O)c1ccc(F)cc1. The zero-order valence-electron chi connectivity index (χ0n) is 15.3. The number of benzene rings is 2. The fourth-order valence-corrected chi connectivity index (χ4v) is 2.78. The van der Waals surface area contributed by atoms with Crippen LogP contribution in [-0.4, -0.2) is 5.78 Å². The number of carbonyl (C=O) groups excluding carboxylic acids is 1. The van der Waals surface area contributed by atoms with E-state index in [2.05, 4.69) is 46.8 Å². The van der Waals surface area contributed by atoms with Crippen molar-refractivity contribution < 1.29 is 9.18 Å². The summed E-state index contributed by atoms with van der Waals surface area (Å²) in [5, 5.41) is 0. The molecule has 2 aromatic carbocycles. The second-order valence-corrected chi connectivity index (χ2v) is 7.18. The minimum Gasteiger partial charge on any atom is -0.289 e. The first-order valence-corrected chi connectivity index (χ1v) is 8.74. The van der Waals surface area contributed by atoms with Crippen LogP contribution in [0.15, 0.2) is 42.5 Å². The molecule has 2 aromatic rings. The van der Waals surface area contributed by atoms with Crippen molar-refractivity contribution in [2.45, 2.75) is 58.8 Å². The van der Waals surface area contributed by atoms with Gasteiger partial charge in [-0.1, -0.05) is 46.8 Å². The first kappa shape index (κ1) is 18.4. The summed E-state index contributed by atoms with van der Waals surface area (Å²) in [6, 6.07) is 12.1. The van der Waals surface area contributed by atoms with Crippen LogP contribution in [0.2, 0.25) is 0 Å². The Kier molecular flexibility index (Phi) is 5.58. The smallest absolute Gasteiger partial charge is 0.193 e. The highest BCUT2D eigenvalue weighted by molar-refractivity contribution is 6.10. The molecule has 2 rings (SSSR count). The van der Waals surface area contributed by atoms with Crippen LogP contribution in [0.3, 0.4) is 0 Å². The van der Waals surface area contributed by atoms with E-state index in [4.69, 9.17) is 0 Å². The molecular weight excluding hydrogens is 299 g/mol. The average Bonchev–Trinajstić information content (AvgIpc) is 2.60. The van der Waals surface area contributed by atoms with Crippen molar-refractivity contribution in [1.82, 2.24) is 0 Å². The monoisotopic (exact) mass is 326 g/mol. The van der Waals surface area contributed by atoms with Crippen molar-refractivity contribution in [2.24, 2.45) is 0 Å². The fourth-order valence-electron chi connectivity index (χ4n) is 2.78. The molecule has 2 heteroatoms. The molecule has 0 spiro atoms. The van der Waals surface area contributed by atoms with Crippen LogP contribution in [0.4, 0.5) is 4.39 Å². The van der Waals surface area contributed by atoms with E-state index >= 15 is 0 Å². The molecule has 0 heterocycles. The Hall–Kier alpha value is -1.96. The topological polar surface area (TPSA) is 17.1 Å². The first-order valence-electron chi connectivity index (χ1n) is 8.74. The molecule has 1 unspecified atom stereocenters. The van der Waals surface area contributed by atoms with Crippen molar-refractivity contribution in [2.75, 3.05) is 0 Å².